The van der Waals surface area contributed by atoms with Crippen LogP contribution in [0, 0.1) is 0 Å². The molecule has 16 heavy (non-hydrogen) atoms. The lowest BCUT2D eigenvalue weighted by atomic mass is 10.3. The number of aromatic nitrogens is 2. The molecule has 0 aliphatic carbocycles. The lowest BCUT2D eigenvalue weighted by Crippen LogP contribution is -2.12. The Hall–Kier alpha value is -1.61. The number of hydrogen-bond donors (Lipinski definition) is 0. The molecule has 2 aromatic rings. The van der Waals surface area contributed by atoms with Gasteiger partial charge in [0.25, 0.3) is 0 Å². The second-order valence-corrected chi connectivity index (χ2v) is 3.69. The van der Waals surface area contributed by atoms with E-state index in [1.165, 1.54) is 0 Å². The van der Waals surface area contributed by atoms with E-state index in [-0.39, 0.29) is 0 Å². The molecule has 3 nitrogen and oxygen atoms in total. The van der Waals surface area contributed by atoms with Crippen LogP contribution in [0.4, 0.5) is 11.6 Å². The molecule has 0 bridgehead atoms. The van der Waals surface area contributed by atoms with E-state index >= 15 is 0 Å². The lowest BCUT2D eigenvalue weighted by Gasteiger charge is -2.16. The number of benzene rings is 1. The van der Waals surface area contributed by atoms with E-state index in [4.69, 9.17) is 11.6 Å². The topological polar surface area (TPSA) is 29.0 Å². The summed E-state index contributed by atoms with van der Waals surface area (Å²) < 4.78 is 0. The Bertz CT molecular complexity index is 442. The van der Waals surface area contributed by atoms with Crippen molar-refractivity contribution < 1.29 is 0 Å². The van der Waals surface area contributed by atoms with Crippen LogP contribution in [0.15, 0.2) is 42.7 Å². The summed E-state index contributed by atoms with van der Waals surface area (Å²) in [5, 5.41) is 0. The van der Waals surface area contributed by atoms with Gasteiger partial charge in [0, 0.05) is 30.7 Å². The van der Waals surface area contributed by atoms with E-state index < -0.39 is 0 Å². The molecular formula is C12H12ClN3. The van der Waals surface area contributed by atoms with Crippen molar-refractivity contribution in [2.45, 2.75) is 5.88 Å². The third-order valence-corrected chi connectivity index (χ3v) is 2.60. The summed E-state index contributed by atoms with van der Waals surface area (Å²) in [6.45, 7) is 0. The summed E-state index contributed by atoms with van der Waals surface area (Å²) in [6.07, 6.45) is 3.49. The largest absolute Gasteiger partial charge is 0.314 e. The quantitative estimate of drug-likeness (QED) is 0.764. The Morgan fingerprint density at radius 2 is 1.75 bits per heavy atom. The van der Waals surface area contributed by atoms with Gasteiger partial charge in [-0.2, -0.15) is 0 Å². The molecule has 0 aliphatic heterocycles. The molecule has 0 atom stereocenters. The van der Waals surface area contributed by atoms with Gasteiger partial charge in [-0.05, 0) is 12.1 Å². The first-order valence-electron chi connectivity index (χ1n) is 4.97. The number of nitrogens with zero attached hydrogens (tertiary/aromatic N) is 3. The molecule has 0 N–H and O–H groups in total. The Morgan fingerprint density at radius 1 is 1.12 bits per heavy atom. The van der Waals surface area contributed by atoms with Gasteiger partial charge >= 0.3 is 0 Å². The average Bonchev–Trinajstić information content (AvgIpc) is 2.39. The molecule has 1 heterocycles. The van der Waals surface area contributed by atoms with Gasteiger partial charge in [0.2, 0.25) is 5.95 Å². The van der Waals surface area contributed by atoms with Crippen LogP contribution >= 0.6 is 11.6 Å². The first-order valence-corrected chi connectivity index (χ1v) is 5.50. The van der Waals surface area contributed by atoms with Gasteiger partial charge in [-0.1, -0.05) is 18.2 Å². The van der Waals surface area contributed by atoms with Crippen LogP contribution in [0.3, 0.4) is 0 Å². The Balaban J connectivity index is 2.24. The van der Waals surface area contributed by atoms with Gasteiger partial charge in [0.15, 0.2) is 0 Å². The molecule has 0 unspecified atom stereocenters. The first kappa shape index (κ1) is 10.9. The second-order valence-electron chi connectivity index (χ2n) is 3.42. The second kappa shape index (κ2) is 4.94. The predicted octanol–water partition coefficient (Wildman–Crippen LogP) is 2.98. The maximum atomic E-state index is 5.68. The van der Waals surface area contributed by atoms with E-state index in [1.807, 2.05) is 42.3 Å². The molecule has 0 spiro atoms. The average molecular weight is 234 g/mol. The minimum Gasteiger partial charge on any atom is -0.314 e. The lowest BCUT2D eigenvalue weighted by molar-refractivity contribution is 1.02. The number of hydrogen-bond acceptors (Lipinski definition) is 3. The molecule has 0 saturated heterocycles. The Morgan fingerprint density at radius 3 is 2.31 bits per heavy atom. The standard InChI is InChI=1S/C12H12ClN3/c1-16(11-5-3-2-4-6-11)12-14-8-10(7-13)9-15-12/h2-6,8-9H,7H2,1H3. The molecule has 2 rings (SSSR count). The molecule has 1 aromatic heterocycles. The summed E-state index contributed by atoms with van der Waals surface area (Å²) in [6, 6.07) is 9.98. The highest BCUT2D eigenvalue weighted by Gasteiger charge is 2.05. The predicted molar refractivity (Wildman–Crippen MR) is 66.1 cm³/mol. The minimum atomic E-state index is 0.440. The van der Waals surface area contributed by atoms with Crippen molar-refractivity contribution in [3.8, 4) is 0 Å². The highest BCUT2D eigenvalue weighted by atomic mass is 35.5. The van der Waals surface area contributed by atoms with Crippen LogP contribution in [0.1, 0.15) is 5.56 Å². The maximum Gasteiger partial charge on any atom is 0.229 e. The number of anilines is 2. The van der Waals surface area contributed by atoms with Gasteiger partial charge in [-0.15, -0.1) is 11.6 Å². The fourth-order valence-corrected chi connectivity index (χ4v) is 1.50. The summed E-state index contributed by atoms with van der Waals surface area (Å²) in [4.78, 5) is 10.4. The molecule has 82 valence electrons. The van der Waals surface area contributed by atoms with Crippen LogP contribution in [0.5, 0.6) is 0 Å². The molecule has 0 radical (unpaired) electrons. The fourth-order valence-electron chi connectivity index (χ4n) is 1.36. The van der Waals surface area contributed by atoms with Crippen molar-refractivity contribution in [2.75, 3.05) is 11.9 Å². The molecule has 0 saturated carbocycles. The zero-order valence-corrected chi connectivity index (χ0v) is 9.72. The van der Waals surface area contributed by atoms with Crippen molar-refractivity contribution in [1.82, 2.24) is 9.97 Å². The monoisotopic (exact) mass is 233 g/mol. The highest BCUT2D eigenvalue weighted by molar-refractivity contribution is 6.17. The number of alkyl halides is 1. The van der Waals surface area contributed by atoms with E-state index in [1.54, 1.807) is 12.4 Å². The van der Waals surface area contributed by atoms with Crippen LogP contribution in [0.2, 0.25) is 0 Å². The fraction of sp³-hybridized carbons (Fsp3) is 0.167. The van der Waals surface area contributed by atoms with Crippen LogP contribution < -0.4 is 4.90 Å². The smallest absolute Gasteiger partial charge is 0.229 e. The van der Waals surface area contributed by atoms with E-state index in [9.17, 15) is 0 Å². The van der Waals surface area contributed by atoms with Gasteiger partial charge in [0.1, 0.15) is 0 Å². The van der Waals surface area contributed by atoms with Crippen LogP contribution in [-0.2, 0) is 5.88 Å². The SMILES string of the molecule is CN(c1ccccc1)c1ncc(CCl)cn1. The van der Waals surface area contributed by atoms with E-state index in [0.29, 0.717) is 11.8 Å². The molecule has 0 aliphatic rings. The van der Waals surface area contributed by atoms with Crippen molar-refractivity contribution >= 4 is 23.2 Å². The molecule has 0 fully saturated rings. The normalized spacial score (nSPS) is 10.1. The summed E-state index contributed by atoms with van der Waals surface area (Å²) in [5.41, 5.74) is 1.98. The maximum absolute atomic E-state index is 5.68. The van der Waals surface area contributed by atoms with Crippen LogP contribution in [-0.4, -0.2) is 17.0 Å². The molecule has 1 aromatic carbocycles. The third-order valence-electron chi connectivity index (χ3n) is 2.29. The first-order chi connectivity index (χ1) is 7.81. The van der Waals surface area contributed by atoms with Crippen molar-refractivity contribution in [1.29, 1.82) is 0 Å². The molecular weight excluding hydrogens is 222 g/mol. The summed E-state index contributed by atoms with van der Waals surface area (Å²) >= 11 is 5.68. The summed E-state index contributed by atoms with van der Waals surface area (Å²) in [7, 11) is 1.94. The van der Waals surface area contributed by atoms with Gasteiger partial charge in [0.05, 0.1) is 5.88 Å². The van der Waals surface area contributed by atoms with Crippen LogP contribution in [0.25, 0.3) is 0 Å². The Labute approximate surface area is 99.7 Å². The summed E-state index contributed by atoms with van der Waals surface area (Å²) in [5.74, 6) is 1.11. The van der Waals surface area contributed by atoms with Crippen molar-refractivity contribution in [3.05, 3.63) is 48.3 Å². The molecule has 0 amide bonds. The van der Waals surface area contributed by atoms with E-state index in [2.05, 4.69) is 9.97 Å². The number of rotatable bonds is 3. The zero-order valence-electron chi connectivity index (χ0n) is 8.97. The number of halogens is 1. The Kier molecular flexibility index (Phi) is 3.37. The third kappa shape index (κ3) is 2.31. The van der Waals surface area contributed by atoms with Crippen molar-refractivity contribution in [3.63, 3.8) is 0 Å². The molecule has 4 heteroatoms. The van der Waals surface area contributed by atoms with Gasteiger partial charge in [-0.3, -0.25) is 0 Å². The highest BCUT2D eigenvalue weighted by Crippen LogP contribution is 2.18. The minimum absolute atomic E-state index is 0.440. The van der Waals surface area contributed by atoms with E-state index in [0.717, 1.165) is 11.3 Å². The van der Waals surface area contributed by atoms with Gasteiger partial charge in [-0.25, -0.2) is 9.97 Å². The van der Waals surface area contributed by atoms with Gasteiger partial charge < -0.3 is 4.90 Å². The zero-order chi connectivity index (χ0) is 11.4. The van der Waals surface area contributed by atoms with Crippen molar-refractivity contribution in [2.24, 2.45) is 0 Å². The number of para-hydroxylation sites is 1.